The molecule has 0 aliphatic carbocycles. The van der Waals surface area contributed by atoms with E-state index >= 15 is 0 Å². The lowest BCUT2D eigenvalue weighted by Gasteiger charge is -2.15. The maximum atomic E-state index is 13.6. The van der Waals surface area contributed by atoms with Crippen LogP contribution in [0.2, 0.25) is 0 Å². The average molecular weight is 275 g/mol. The number of nitrogens with zero attached hydrogens (tertiary/aromatic N) is 1. The van der Waals surface area contributed by atoms with E-state index in [9.17, 15) is 9.18 Å². The topological polar surface area (TPSA) is 57.8 Å². The van der Waals surface area contributed by atoms with E-state index in [0.717, 1.165) is 11.3 Å². The second kappa shape index (κ2) is 5.45. The molecule has 0 aliphatic rings. The zero-order valence-electron chi connectivity index (χ0n) is 12.0. The van der Waals surface area contributed by atoms with Gasteiger partial charge in [0.2, 0.25) is 0 Å². The van der Waals surface area contributed by atoms with Crippen LogP contribution in [0.5, 0.6) is 0 Å². The van der Waals surface area contributed by atoms with Crippen molar-refractivity contribution in [3.05, 3.63) is 52.1 Å². The molecule has 0 aliphatic heterocycles. The van der Waals surface area contributed by atoms with Crippen molar-refractivity contribution in [1.82, 2.24) is 15.5 Å². The van der Waals surface area contributed by atoms with Gasteiger partial charge in [-0.2, -0.15) is 5.10 Å². The molecule has 1 atom stereocenters. The molecule has 4 nitrogen and oxygen atoms in total. The number of aromatic nitrogens is 2. The minimum atomic E-state index is -0.272. The number of aryl methyl sites for hydroxylation is 3. The number of nitrogens with one attached hydrogen (secondary N) is 2. The number of aromatic amines is 1. The molecule has 0 bridgehead atoms. The van der Waals surface area contributed by atoms with E-state index in [1.165, 1.54) is 6.07 Å². The smallest absolute Gasteiger partial charge is 0.255 e. The van der Waals surface area contributed by atoms with Gasteiger partial charge in [0.15, 0.2) is 0 Å². The molecular weight excluding hydrogens is 257 g/mol. The fraction of sp³-hybridized carbons (Fsp3) is 0.333. The highest BCUT2D eigenvalue weighted by Crippen LogP contribution is 2.18. The third-order valence-electron chi connectivity index (χ3n) is 3.40. The molecule has 1 unspecified atom stereocenters. The predicted octanol–water partition coefficient (Wildman–Crippen LogP) is 2.97. The molecule has 2 N–H and O–H groups in total. The zero-order valence-corrected chi connectivity index (χ0v) is 12.0. The van der Waals surface area contributed by atoms with Gasteiger partial charge in [0, 0.05) is 5.69 Å². The minimum absolute atomic E-state index is 0.206. The summed E-state index contributed by atoms with van der Waals surface area (Å²) in [4.78, 5) is 12.2. The van der Waals surface area contributed by atoms with E-state index < -0.39 is 0 Å². The number of hydrogen-bond acceptors (Lipinski definition) is 2. The number of carbonyl (C=O) groups is 1. The SMILES string of the molecule is Cc1ccc(C(C)NC(=O)c2c(C)n[nH]c2C)cc1F. The lowest BCUT2D eigenvalue weighted by molar-refractivity contribution is 0.0938. The van der Waals surface area contributed by atoms with Gasteiger partial charge < -0.3 is 5.32 Å². The van der Waals surface area contributed by atoms with Crippen molar-refractivity contribution < 1.29 is 9.18 Å². The summed E-state index contributed by atoms with van der Waals surface area (Å²) in [6.07, 6.45) is 0. The fourth-order valence-electron chi connectivity index (χ4n) is 2.12. The van der Waals surface area contributed by atoms with Gasteiger partial charge >= 0.3 is 0 Å². The molecule has 20 heavy (non-hydrogen) atoms. The number of rotatable bonds is 3. The summed E-state index contributed by atoms with van der Waals surface area (Å²) in [7, 11) is 0. The largest absolute Gasteiger partial charge is 0.345 e. The van der Waals surface area contributed by atoms with Crippen LogP contribution in [0.4, 0.5) is 4.39 Å². The summed E-state index contributed by atoms with van der Waals surface area (Å²) in [5.41, 5.74) is 3.25. The third kappa shape index (κ3) is 2.71. The number of halogens is 1. The Labute approximate surface area is 117 Å². The average Bonchev–Trinajstić information content (AvgIpc) is 2.72. The van der Waals surface area contributed by atoms with Crippen LogP contribution in [-0.2, 0) is 0 Å². The van der Waals surface area contributed by atoms with Crippen molar-refractivity contribution in [3.8, 4) is 0 Å². The van der Waals surface area contributed by atoms with Gasteiger partial charge in [-0.3, -0.25) is 9.89 Å². The number of amides is 1. The summed E-state index contributed by atoms with van der Waals surface area (Å²) in [5.74, 6) is -0.471. The van der Waals surface area contributed by atoms with Gasteiger partial charge in [0.1, 0.15) is 5.82 Å². The molecular formula is C15H18FN3O. The molecule has 1 aromatic carbocycles. The standard InChI is InChI=1S/C15H18FN3O/c1-8-5-6-12(7-13(8)16)9(2)17-15(20)14-10(3)18-19-11(14)4/h5-7,9H,1-4H3,(H,17,20)(H,18,19). The molecule has 2 rings (SSSR count). The molecule has 0 saturated heterocycles. The first-order valence-electron chi connectivity index (χ1n) is 6.48. The summed E-state index contributed by atoms with van der Waals surface area (Å²) < 4.78 is 13.6. The number of H-pyrrole nitrogens is 1. The van der Waals surface area contributed by atoms with E-state index in [-0.39, 0.29) is 17.8 Å². The molecule has 0 saturated carbocycles. The second-order valence-electron chi connectivity index (χ2n) is 5.01. The van der Waals surface area contributed by atoms with Crippen molar-refractivity contribution in [3.63, 3.8) is 0 Å². The Hall–Kier alpha value is -2.17. The molecule has 1 aromatic heterocycles. The van der Waals surface area contributed by atoms with Gasteiger partial charge in [-0.1, -0.05) is 12.1 Å². The van der Waals surface area contributed by atoms with Crippen LogP contribution in [0.3, 0.4) is 0 Å². The normalized spacial score (nSPS) is 12.2. The highest BCUT2D eigenvalue weighted by Gasteiger charge is 2.18. The molecule has 0 fully saturated rings. The van der Waals surface area contributed by atoms with Crippen LogP contribution in [0.25, 0.3) is 0 Å². The lowest BCUT2D eigenvalue weighted by Crippen LogP contribution is -2.27. The van der Waals surface area contributed by atoms with Gasteiger partial charge in [0.25, 0.3) is 5.91 Å². The van der Waals surface area contributed by atoms with Gasteiger partial charge in [0.05, 0.1) is 17.3 Å². The molecule has 0 spiro atoms. The monoisotopic (exact) mass is 275 g/mol. The Morgan fingerprint density at radius 2 is 2.05 bits per heavy atom. The van der Waals surface area contributed by atoms with Crippen LogP contribution in [-0.4, -0.2) is 16.1 Å². The number of benzene rings is 1. The van der Waals surface area contributed by atoms with E-state index in [1.807, 2.05) is 13.0 Å². The highest BCUT2D eigenvalue weighted by molar-refractivity contribution is 5.96. The quantitative estimate of drug-likeness (QED) is 0.904. The van der Waals surface area contributed by atoms with Crippen LogP contribution in [0.1, 0.15) is 45.8 Å². The molecule has 1 heterocycles. The predicted molar refractivity (Wildman–Crippen MR) is 75.1 cm³/mol. The molecule has 2 aromatic rings. The molecule has 0 radical (unpaired) electrons. The maximum Gasteiger partial charge on any atom is 0.255 e. The Morgan fingerprint density at radius 1 is 1.35 bits per heavy atom. The van der Waals surface area contributed by atoms with Crippen molar-refractivity contribution in [1.29, 1.82) is 0 Å². The Bertz CT molecular complexity index is 629. The maximum absolute atomic E-state index is 13.6. The first-order valence-corrected chi connectivity index (χ1v) is 6.48. The van der Waals surface area contributed by atoms with E-state index in [0.29, 0.717) is 16.8 Å². The summed E-state index contributed by atoms with van der Waals surface area (Å²) in [6.45, 7) is 7.10. The van der Waals surface area contributed by atoms with Crippen molar-refractivity contribution in [2.75, 3.05) is 0 Å². The van der Waals surface area contributed by atoms with Crippen LogP contribution >= 0.6 is 0 Å². The Balaban J connectivity index is 2.17. The summed E-state index contributed by atoms with van der Waals surface area (Å²) in [6, 6.07) is 4.71. The third-order valence-corrected chi connectivity index (χ3v) is 3.40. The van der Waals surface area contributed by atoms with E-state index in [2.05, 4.69) is 15.5 Å². The fourth-order valence-corrected chi connectivity index (χ4v) is 2.12. The summed E-state index contributed by atoms with van der Waals surface area (Å²) >= 11 is 0. The van der Waals surface area contributed by atoms with Crippen LogP contribution in [0, 0.1) is 26.6 Å². The first-order chi connectivity index (χ1) is 9.40. The van der Waals surface area contributed by atoms with Gasteiger partial charge in [-0.25, -0.2) is 4.39 Å². The Kier molecular flexibility index (Phi) is 3.88. The van der Waals surface area contributed by atoms with Crippen molar-refractivity contribution >= 4 is 5.91 Å². The Morgan fingerprint density at radius 3 is 2.60 bits per heavy atom. The molecule has 5 heteroatoms. The highest BCUT2D eigenvalue weighted by atomic mass is 19.1. The van der Waals surface area contributed by atoms with Crippen LogP contribution in [0.15, 0.2) is 18.2 Å². The van der Waals surface area contributed by atoms with E-state index in [1.54, 1.807) is 26.8 Å². The van der Waals surface area contributed by atoms with Crippen LogP contribution < -0.4 is 5.32 Å². The van der Waals surface area contributed by atoms with Gasteiger partial charge in [-0.15, -0.1) is 0 Å². The zero-order chi connectivity index (χ0) is 14.9. The van der Waals surface area contributed by atoms with Gasteiger partial charge in [-0.05, 0) is 44.9 Å². The molecule has 1 amide bonds. The second-order valence-corrected chi connectivity index (χ2v) is 5.01. The van der Waals surface area contributed by atoms with Crippen molar-refractivity contribution in [2.24, 2.45) is 0 Å². The van der Waals surface area contributed by atoms with E-state index in [4.69, 9.17) is 0 Å². The summed E-state index contributed by atoms with van der Waals surface area (Å²) in [5, 5.41) is 9.64. The number of carbonyl (C=O) groups excluding carboxylic acids is 1. The minimum Gasteiger partial charge on any atom is -0.345 e. The first kappa shape index (κ1) is 14.2. The lowest BCUT2D eigenvalue weighted by atomic mass is 10.1. The van der Waals surface area contributed by atoms with Crippen molar-refractivity contribution in [2.45, 2.75) is 33.7 Å². The number of hydrogen-bond donors (Lipinski definition) is 2. The molecule has 106 valence electrons.